The van der Waals surface area contributed by atoms with Crippen molar-refractivity contribution in [2.45, 2.75) is 6.42 Å². The normalized spacial score (nSPS) is 10.4. The summed E-state index contributed by atoms with van der Waals surface area (Å²) in [5.74, 6) is -0.447. The number of benzene rings is 2. The maximum atomic E-state index is 12.1. The fourth-order valence-corrected chi connectivity index (χ4v) is 3.04. The average molecular weight is 406 g/mol. The third-order valence-corrected chi connectivity index (χ3v) is 4.86. The van der Waals surface area contributed by atoms with Crippen molar-refractivity contribution >= 4 is 57.2 Å². The molecule has 0 fully saturated rings. The highest BCUT2D eigenvalue weighted by molar-refractivity contribution is 7.13. The molecule has 0 radical (unpaired) electrons. The summed E-state index contributed by atoms with van der Waals surface area (Å²) in [5, 5.41) is 8.65. The second-order valence-corrected chi connectivity index (χ2v) is 7.05. The van der Waals surface area contributed by atoms with Crippen molar-refractivity contribution in [3.05, 3.63) is 75.2 Å². The van der Waals surface area contributed by atoms with Crippen LogP contribution in [0.3, 0.4) is 0 Å². The van der Waals surface area contributed by atoms with Crippen LogP contribution in [0.4, 0.5) is 10.8 Å². The number of hydrogen-bond donors (Lipinski definition) is 2. The molecule has 0 saturated carbocycles. The Morgan fingerprint density at radius 2 is 1.77 bits per heavy atom. The van der Waals surface area contributed by atoms with E-state index in [1.54, 1.807) is 54.0 Å². The quantitative estimate of drug-likeness (QED) is 0.634. The van der Waals surface area contributed by atoms with Crippen LogP contribution >= 0.6 is 34.5 Å². The first-order valence-electron chi connectivity index (χ1n) is 7.56. The Kier molecular flexibility index (Phi) is 5.88. The lowest BCUT2D eigenvalue weighted by Gasteiger charge is -2.07. The van der Waals surface area contributed by atoms with Crippen LogP contribution in [0.15, 0.2) is 54.0 Å². The minimum atomic E-state index is -0.256. The maximum absolute atomic E-state index is 12.1. The van der Waals surface area contributed by atoms with E-state index >= 15 is 0 Å². The van der Waals surface area contributed by atoms with Crippen molar-refractivity contribution < 1.29 is 9.59 Å². The summed E-state index contributed by atoms with van der Waals surface area (Å²) < 4.78 is 0. The topological polar surface area (TPSA) is 71.1 Å². The van der Waals surface area contributed by atoms with E-state index in [1.165, 1.54) is 11.3 Å². The van der Waals surface area contributed by atoms with Gasteiger partial charge in [0.05, 0.1) is 16.5 Å². The Morgan fingerprint density at radius 1 is 1.00 bits per heavy atom. The third-order valence-electron chi connectivity index (χ3n) is 3.43. The number of aromatic nitrogens is 1. The lowest BCUT2D eigenvalue weighted by atomic mass is 10.1. The van der Waals surface area contributed by atoms with E-state index in [9.17, 15) is 9.59 Å². The third kappa shape index (κ3) is 4.82. The van der Waals surface area contributed by atoms with Gasteiger partial charge in [-0.2, -0.15) is 0 Å². The SMILES string of the molecule is O=C(Cc1ccc(Cl)c(Cl)c1)Nc1ccc(C(=O)Nc2nccs2)cc1. The van der Waals surface area contributed by atoms with E-state index in [2.05, 4.69) is 15.6 Å². The van der Waals surface area contributed by atoms with E-state index in [0.29, 0.717) is 26.4 Å². The molecule has 0 aliphatic carbocycles. The monoisotopic (exact) mass is 405 g/mol. The first kappa shape index (κ1) is 18.4. The number of amides is 2. The highest BCUT2D eigenvalue weighted by Crippen LogP contribution is 2.23. The van der Waals surface area contributed by atoms with E-state index in [0.717, 1.165) is 5.56 Å². The largest absolute Gasteiger partial charge is 0.326 e. The summed E-state index contributed by atoms with van der Waals surface area (Å²) in [5.41, 5.74) is 1.83. The molecule has 2 amide bonds. The smallest absolute Gasteiger partial charge is 0.257 e. The van der Waals surface area contributed by atoms with Crippen molar-refractivity contribution in [3.63, 3.8) is 0 Å². The molecule has 3 aromatic rings. The summed E-state index contributed by atoms with van der Waals surface area (Å²) in [6, 6.07) is 11.7. The molecule has 0 bridgehead atoms. The lowest BCUT2D eigenvalue weighted by Crippen LogP contribution is -2.15. The Morgan fingerprint density at radius 3 is 2.42 bits per heavy atom. The van der Waals surface area contributed by atoms with Crippen LogP contribution in [-0.2, 0) is 11.2 Å². The highest BCUT2D eigenvalue weighted by atomic mass is 35.5. The molecule has 0 aliphatic heterocycles. The Balaban J connectivity index is 1.58. The Labute approximate surface area is 164 Å². The molecule has 5 nitrogen and oxygen atoms in total. The summed E-state index contributed by atoms with van der Waals surface area (Å²) in [4.78, 5) is 28.2. The standard InChI is InChI=1S/C18H13Cl2N3O2S/c19-14-6-1-11(9-15(14)20)10-16(24)22-13-4-2-12(3-5-13)17(25)23-18-21-7-8-26-18/h1-9H,10H2,(H,22,24)(H,21,23,25). The van der Waals surface area contributed by atoms with Gasteiger partial charge in [0.15, 0.2) is 5.13 Å². The van der Waals surface area contributed by atoms with Crippen molar-refractivity contribution in [1.29, 1.82) is 0 Å². The van der Waals surface area contributed by atoms with E-state index in [1.807, 2.05) is 0 Å². The number of rotatable bonds is 5. The van der Waals surface area contributed by atoms with Gasteiger partial charge in [0, 0.05) is 22.8 Å². The first-order chi connectivity index (χ1) is 12.5. The van der Waals surface area contributed by atoms with Crippen LogP contribution in [0.2, 0.25) is 10.0 Å². The lowest BCUT2D eigenvalue weighted by molar-refractivity contribution is -0.115. The van der Waals surface area contributed by atoms with Gasteiger partial charge in [-0.05, 0) is 42.0 Å². The van der Waals surface area contributed by atoms with Gasteiger partial charge in [0.2, 0.25) is 5.91 Å². The van der Waals surface area contributed by atoms with Crippen LogP contribution in [0.25, 0.3) is 0 Å². The number of carbonyl (C=O) groups excluding carboxylic acids is 2. The Hall–Kier alpha value is -2.41. The summed E-state index contributed by atoms with van der Waals surface area (Å²) in [7, 11) is 0. The Bertz CT molecular complexity index is 928. The fourth-order valence-electron chi connectivity index (χ4n) is 2.20. The molecule has 0 unspecified atom stereocenters. The number of carbonyl (C=O) groups is 2. The zero-order valence-corrected chi connectivity index (χ0v) is 15.7. The van der Waals surface area contributed by atoms with Crippen LogP contribution in [0.1, 0.15) is 15.9 Å². The number of thiazole rings is 1. The minimum Gasteiger partial charge on any atom is -0.326 e. The fraction of sp³-hybridized carbons (Fsp3) is 0.0556. The van der Waals surface area contributed by atoms with Gasteiger partial charge in [0.1, 0.15) is 0 Å². The molecule has 1 aromatic heterocycles. The molecule has 1 heterocycles. The molecule has 2 N–H and O–H groups in total. The molecule has 2 aromatic carbocycles. The van der Waals surface area contributed by atoms with Crippen molar-refractivity contribution in [1.82, 2.24) is 4.98 Å². The average Bonchev–Trinajstić information content (AvgIpc) is 3.11. The number of halogens is 2. The van der Waals surface area contributed by atoms with Gasteiger partial charge >= 0.3 is 0 Å². The van der Waals surface area contributed by atoms with Crippen molar-refractivity contribution in [2.75, 3.05) is 10.6 Å². The van der Waals surface area contributed by atoms with Gasteiger partial charge in [0.25, 0.3) is 5.91 Å². The molecule has 132 valence electrons. The van der Waals surface area contributed by atoms with Gasteiger partial charge in [-0.15, -0.1) is 11.3 Å². The van der Waals surface area contributed by atoms with Gasteiger partial charge in [-0.1, -0.05) is 29.3 Å². The van der Waals surface area contributed by atoms with Crippen molar-refractivity contribution in [3.8, 4) is 0 Å². The summed E-state index contributed by atoms with van der Waals surface area (Å²) in [6.07, 6.45) is 1.79. The zero-order chi connectivity index (χ0) is 18.5. The number of hydrogen-bond acceptors (Lipinski definition) is 4. The maximum Gasteiger partial charge on any atom is 0.257 e. The summed E-state index contributed by atoms with van der Waals surface area (Å²) >= 11 is 13.2. The molecule has 3 rings (SSSR count). The van der Waals surface area contributed by atoms with E-state index in [4.69, 9.17) is 23.2 Å². The molecule has 8 heteroatoms. The highest BCUT2D eigenvalue weighted by Gasteiger charge is 2.09. The van der Waals surface area contributed by atoms with Crippen LogP contribution < -0.4 is 10.6 Å². The summed E-state index contributed by atoms with van der Waals surface area (Å²) in [6.45, 7) is 0. The number of anilines is 2. The van der Waals surface area contributed by atoms with Crippen molar-refractivity contribution in [2.24, 2.45) is 0 Å². The minimum absolute atomic E-state index is 0.170. The molecule has 0 spiro atoms. The van der Waals surface area contributed by atoms with Gasteiger partial charge in [-0.3, -0.25) is 14.9 Å². The van der Waals surface area contributed by atoms with Gasteiger partial charge in [-0.25, -0.2) is 4.98 Å². The predicted octanol–water partition coefficient (Wildman–Crippen LogP) is 4.88. The zero-order valence-electron chi connectivity index (χ0n) is 13.3. The van der Waals surface area contributed by atoms with E-state index in [-0.39, 0.29) is 18.2 Å². The number of nitrogens with zero attached hydrogens (tertiary/aromatic N) is 1. The molecule has 0 saturated heterocycles. The molecule has 26 heavy (non-hydrogen) atoms. The first-order valence-corrected chi connectivity index (χ1v) is 9.19. The second-order valence-electron chi connectivity index (χ2n) is 5.34. The van der Waals surface area contributed by atoms with Crippen LogP contribution in [0.5, 0.6) is 0 Å². The van der Waals surface area contributed by atoms with Crippen LogP contribution in [0, 0.1) is 0 Å². The predicted molar refractivity (Wildman–Crippen MR) is 105 cm³/mol. The second kappa shape index (κ2) is 8.31. The molecular weight excluding hydrogens is 393 g/mol. The molecule has 0 atom stereocenters. The van der Waals surface area contributed by atoms with Gasteiger partial charge < -0.3 is 5.32 Å². The number of nitrogens with one attached hydrogen (secondary N) is 2. The molecular formula is C18H13Cl2N3O2S. The van der Waals surface area contributed by atoms with Crippen LogP contribution in [-0.4, -0.2) is 16.8 Å². The molecule has 0 aliphatic rings. The van der Waals surface area contributed by atoms with E-state index < -0.39 is 0 Å².